The molecule has 0 saturated carbocycles. The van der Waals surface area contributed by atoms with Gasteiger partial charge in [0.05, 0.1) is 16.7 Å². The maximum Gasteiger partial charge on any atom is 0.270 e. The molecular weight excluding hydrogens is 296 g/mol. The minimum absolute atomic E-state index is 0.0428. The van der Waals surface area contributed by atoms with Gasteiger partial charge < -0.3 is 5.32 Å². The molecule has 1 aromatic rings. The van der Waals surface area contributed by atoms with Crippen molar-refractivity contribution >= 4 is 21.4 Å². The molecule has 0 bridgehead atoms. The Labute approximate surface area is 123 Å². The first kappa shape index (κ1) is 16.9. The third-order valence-electron chi connectivity index (χ3n) is 2.89. The lowest BCUT2D eigenvalue weighted by atomic mass is 10.3. The van der Waals surface area contributed by atoms with E-state index < -0.39 is 14.9 Å². The van der Waals surface area contributed by atoms with Gasteiger partial charge in [0, 0.05) is 38.7 Å². The second-order valence-corrected chi connectivity index (χ2v) is 6.00. The SMILES string of the molecule is CCN(CCC#N)S(=O)(=O)c1cc([N+](=O)[O-])ccc1NC. The maximum atomic E-state index is 12.6. The summed E-state index contributed by atoms with van der Waals surface area (Å²) in [4.78, 5) is 10.0. The van der Waals surface area contributed by atoms with Crippen LogP contribution in [-0.2, 0) is 10.0 Å². The predicted octanol–water partition coefficient (Wildman–Crippen LogP) is 1.56. The van der Waals surface area contributed by atoms with Crippen LogP contribution in [-0.4, -0.2) is 37.8 Å². The summed E-state index contributed by atoms with van der Waals surface area (Å²) in [7, 11) is -2.37. The Morgan fingerprint density at radius 3 is 2.62 bits per heavy atom. The van der Waals surface area contributed by atoms with E-state index in [-0.39, 0.29) is 35.8 Å². The maximum absolute atomic E-state index is 12.6. The summed E-state index contributed by atoms with van der Waals surface area (Å²) in [5.41, 5.74) is -0.0279. The minimum atomic E-state index is -3.91. The van der Waals surface area contributed by atoms with Gasteiger partial charge in [-0.05, 0) is 6.07 Å². The van der Waals surface area contributed by atoms with Crippen LogP contribution in [0.15, 0.2) is 23.1 Å². The van der Waals surface area contributed by atoms with E-state index in [4.69, 9.17) is 5.26 Å². The molecule has 0 saturated heterocycles. The van der Waals surface area contributed by atoms with E-state index in [1.165, 1.54) is 19.2 Å². The topological polar surface area (TPSA) is 116 Å². The smallest absolute Gasteiger partial charge is 0.270 e. The zero-order chi connectivity index (χ0) is 16.0. The number of benzene rings is 1. The Morgan fingerprint density at radius 1 is 1.48 bits per heavy atom. The summed E-state index contributed by atoms with van der Waals surface area (Å²) in [6.07, 6.45) is 0.0525. The zero-order valence-corrected chi connectivity index (χ0v) is 12.6. The van der Waals surface area contributed by atoms with E-state index in [0.717, 1.165) is 10.4 Å². The molecule has 1 N–H and O–H groups in total. The molecule has 0 aliphatic rings. The van der Waals surface area contributed by atoms with E-state index >= 15 is 0 Å². The van der Waals surface area contributed by atoms with E-state index in [1.807, 2.05) is 6.07 Å². The van der Waals surface area contributed by atoms with Crippen molar-refractivity contribution in [3.8, 4) is 6.07 Å². The predicted molar refractivity (Wildman–Crippen MR) is 77.3 cm³/mol. The van der Waals surface area contributed by atoms with E-state index in [1.54, 1.807) is 6.92 Å². The normalized spacial score (nSPS) is 11.1. The molecule has 0 radical (unpaired) electrons. The highest BCUT2D eigenvalue weighted by Crippen LogP contribution is 2.28. The van der Waals surface area contributed by atoms with Crippen LogP contribution >= 0.6 is 0 Å². The molecule has 0 unspecified atom stereocenters. The van der Waals surface area contributed by atoms with Crippen LogP contribution in [0.25, 0.3) is 0 Å². The quantitative estimate of drug-likeness (QED) is 0.603. The van der Waals surface area contributed by atoms with Gasteiger partial charge >= 0.3 is 0 Å². The van der Waals surface area contributed by atoms with Gasteiger partial charge in [0.2, 0.25) is 10.0 Å². The van der Waals surface area contributed by atoms with Gasteiger partial charge in [-0.15, -0.1) is 0 Å². The Bertz CT molecular complexity index is 666. The summed E-state index contributed by atoms with van der Waals surface area (Å²) < 4.78 is 26.3. The van der Waals surface area contributed by atoms with Gasteiger partial charge in [-0.3, -0.25) is 10.1 Å². The highest BCUT2D eigenvalue weighted by atomic mass is 32.2. The van der Waals surface area contributed by atoms with Crippen molar-refractivity contribution in [2.75, 3.05) is 25.5 Å². The summed E-state index contributed by atoms with van der Waals surface area (Å²) in [5, 5.41) is 22.1. The Morgan fingerprint density at radius 2 is 2.14 bits per heavy atom. The number of nitrogens with one attached hydrogen (secondary N) is 1. The number of hydrogen-bond donors (Lipinski definition) is 1. The molecular formula is C12H16N4O4S. The van der Waals surface area contributed by atoms with Crippen LogP contribution < -0.4 is 5.32 Å². The molecule has 9 heteroatoms. The van der Waals surface area contributed by atoms with Gasteiger partial charge in [0.1, 0.15) is 4.90 Å². The van der Waals surface area contributed by atoms with Crippen LogP contribution in [0.2, 0.25) is 0 Å². The van der Waals surface area contributed by atoms with Gasteiger partial charge in [-0.2, -0.15) is 9.57 Å². The third kappa shape index (κ3) is 3.68. The van der Waals surface area contributed by atoms with Crippen molar-refractivity contribution in [2.24, 2.45) is 0 Å². The molecule has 114 valence electrons. The number of hydrogen-bond acceptors (Lipinski definition) is 6. The standard InChI is InChI=1S/C12H16N4O4S/c1-3-15(8-4-7-13)21(19,20)12-9-10(16(17)18)5-6-11(12)14-2/h5-6,9,14H,3-4,8H2,1-2H3. The fraction of sp³-hybridized carbons (Fsp3) is 0.417. The largest absolute Gasteiger partial charge is 0.387 e. The average Bonchev–Trinajstić information content (AvgIpc) is 2.47. The van der Waals surface area contributed by atoms with Gasteiger partial charge in [0.15, 0.2) is 0 Å². The lowest BCUT2D eigenvalue weighted by Gasteiger charge is -2.20. The number of nitriles is 1. The monoisotopic (exact) mass is 312 g/mol. The third-order valence-corrected chi connectivity index (χ3v) is 4.90. The second kappa shape index (κ2) is 7.01. The molecule has 0 spiro atoms. The lowest BCUT2D eigenvalue weighted by Crippen LogP contribution is -2.32. The molecule has 0 fully saturated rings. The van der Waals surface area contributed by atoms with Crippen LogP contribution in [0.3, 0.4) is 0 Å². The minimum Gasteiger partial charge on any atom is -0.387 e. The molecule has 0 aromatic heterocycles. The molecule has 0 atom stereocenters. The molecule has 0 aliphatic heterocycles. The molecule has 8 nitrogen and oxygen atoms in total. The number of non-ortho nitro benzene ring substituents is 1. The fourth-order valence-corrected chi connectivity index (χ4v) is 3.47. The molecule has 21 heavy (non-hydrogen) atoms. The summed E-state index contributed by atoms with van der Waals surface area (Å²) >= 11 is 0. The lowest BCUT2D eigenvalue weighted by molar-refractivity contribution is -0.385. The van der Waals surface area contributed by atoms with Gasteiger partial charge in [-0.1, -0.05) is 6.92 Å². The van der Waals surface area contributed by atoms with Crippen molar-refractivity contribution < 1.29 is 13.3 Å². The summed E-state index contributed by atoms with van der Waals surface area (Å²) in [6, 6.07) is 5.49. The number of sulfonamides is 1. The Kier molecular flexibility index (Phi) is 5.63. The average molecular weight is 312 g/mol. The van der Waals surface area contributed by atoms with Crippen molar-refractivity contribution in [3.05, 3.63) is 28.3 Å². The number of rotatable bonds is 7. The van der Waals surface area contributed by atoms with E-state index in [9.17, 15) is 18.5 Å². The first-order chi connectivity index (χ1) is 9.88. The molecule has 0 amide bonds. The van der Waals surface area contributed by atoms with Crippen molar-refractivity contribution in [1.82, 2.24) is 4.31 Å². The molecule has 1 rings (SSSR count). The van der Waals surface area contributed by atoms with Crippen molar-refractivity contribution in [3.63, 3.8) is 0 Å². The molecule has 0 heterocycles. The second-order valence-electron chi connectivity index (χ2n) is 4.09. The van der Waals surface area contributed by atoms with Crippen LogP contribution in [0.1, 0.15) is 13.3 Å². The highest BCUT2D eigenvalue weighted by molar-refractivity contribution is 7.89. The van der Waals surface area contributed by atoms with E-state index in [2.05, 4.69) is 5.32 Å². The summed E-state index contributed by atoms with van der Waals surface area (Å²) in [5.74, 6) is 0. The Balaban J connectivity index is 3.37. The van der Waals surface area contributed by atoms with Crippen LogP contribution in [0, 0.1) is 21.4 Å². The van der Waals surface area contributed by atoms with Crippen LogP contribution in [0.4, 0.5) is 11.4 Å². The molecule has 0 aliphatic carbocycles. The zero-order valence-electron chi connectivity index (χ0n) is 11.7. The van der Waals surface area contributed by atoms with Gasteiger partial charge in [-0.25, -0.2) is 8.42 Å². The number of nitrogens with zero attached hydrogens (tertiary/aromatic N) is 3. The first-order valence-electron chi connectivity index (χ1n) is 6.21. The number of nitro benzene ring substituents is 1. The van der Waals surface area contributed by atoms with Gasteiger partial charge in [0.25, 0.3) is 5.69 Å². The van der Waals surface area contributed by atoms with Crippen LogP contribution in [0.5, 0.6) is 0 Å². The van der Waals surface area contributed by atoms with E-state index in [0.29, 0.717) is 0 Å². The number of anilines is 1. The Hall–Kier alpha value is -2.18. The van der Waals surface area contributed by atoms with Crippen molar-refractivity contribution in [1.29, 1.82) is 5.26 Å². The first-order valence-corrected chi connectivity index (χ1v) is 7.65. The highest BCUT2D eigenvalue weighted by Gasteiger charge is 2.27. The fourth-order valence-electron chi connectivity index (χ4n) is 1.81. The number of nitro groups is 1. The molecule has 1 aromatic carbocycles. The van der Waals surface area contributed by atoms with Crippen molar-refractivity contribution in [2.45, 2.75) is 18.2 Å². The summed E-state index contributed by atoms with van der Waals surface area (Å²) in [6.45, 7) is 1.86.